The summed E-state index contributed by atoms with van der Waals surface area (Å²) in [4.78, 5) is 15.5. The second-order valence-electron chi connectivity index (χ2n) is 6.92. The topological polar surface area (TPSA) is 73.2 Å². The summed E-state index contributed by atoms with van der Waals surface area (Å²) in [6, 6.07) is -0.104. The molecule has 2 aliphatic heterocycles. The lowest BCUT2D eigenvalue weighted by molar-refractivity contribution is -0.113. The van der Waals surface area contributed by atoms with Crippen LogP contribution in [-0.4, -0.2) is 75.6 Å². The minimum absolute atomic E-state index is 0.104. The highest BCUT2D eigenvalue weighted by molar-refractivity contribution is 5.68. The number of nitrogens with zero attached hydrogens (tertiary/aromatic N) is 2. The molecule has 0 aromatic rings. The van der Waals surface area contributed by atoms with Gasteiger partial charge in [0.25, 0.3) is 0 Å². The fourth-order valence-corrected chi connectivity index (χ4v) is 2.67. The van der Waals surface area contributed by atoms with Crippen molar-refractivity contribution in [1.82, 2.24) is 9.80 Å². The first-order chi connectivity index (χ1) is 8.57. The van der Waals surface area contributed by atoms with Crippen molar-refractivity contribution < 1.29 is 19.7 Å². The molecule has 2 atom stereocenters. The van der Waals surface area contributed by atoms with Crippen LogP contribution in [0.5, 0.6) is 0 Å². The standard InChI is InChI=1S/C13H24N2O4/c1-12(2,3)19-11(17)14-5-9(10(16)6-14)15-7-13(4,18)8-15/h9-10,16,18H,5-8H2,1-4H3/t9-,10-/m1/s1. The maximum Gasteiger partial charge on any atom is 0.410 e. The Morgan fingerprint density at radius 2 is 1.89 bits per heavy atom. The van der Waals surface area contributed by atoms with E-state index in [4.69, 9.17) is 4.74 Å². The molecule has 1 amide bonds. The molecule has 2 fully saturated rings. The largest absolute Gasteiger partial charge is 0.444 e. The third kappa shape index (κ3) is 3.38. The van der Waals surface area contributed by atoms with Crippen LogP contribution in [0.2, 0.25) is 0 Å². The fraction of sp³-hybridized carbons (Fsp3) is 0.923. The van der Waals surface area contributed by atoms with Gasteiger partial charge in [0.2, 0.25) is 0 Å². The van der Waals surface area contributed by atoms with Gasteiger partial charge in [-0.3, -0.25) is 4.90 Å². The van der Waals surface area contributed by atoms with E-state index < -0.39 is 17.3 Å². The highest BCUT2D eigenvalue weighted by atomic mass is 16.6. The van der Waals surface area contributed by atoms with E-state index in [1.54, 1.807) is 6.92 Å². The molecule has 6 nitrogen and oxygen atoms in total. The van der Waals surface area contributed by atoms with Crippen molar-refractivity contribution in [3.05, 3.63) is 0 Å². The number of hydrogen-bond donors (Lipinski definition) is 2. The van der Waals surface area contributed by atoms with Gasteiger partial charge < -0.3 is 19.8 Å². The highest BCUT2D eigenvalue weighted by Crippen LogP contribution is 2.27. The minimum Gasteiger partial charge on any atom is -0.444 e. The van der Waals surface area contributed by atoms with E-state index in [0.717, 1.165) is 0 Å². The summed E-state index contributed by atoms with van der Waals surface area (Å²) in [5, 5.41) is 19.8. The van der Waals surface area contributed by atoms with Crippen LogP contribution >= 0.6 is 0 Å². The van der Waals surface area contributed by atoms with Gasteiger partial charge >= 0.3 is 6.09 Å². The lowest BCUT2D eigenvalue weighted by atomic mass is 9.94. The third-order valence-electron chi connectivity index (χ3n) is 3.47. The normalized spacial score (nSPS) is 31.2. The maximum atomic E-state index is 11.9. The van der Waals surface area contributed by atoms with Crippen molar-refractivity contribution in [2.45, 2.75) is 51.0 Å². The number of β-amino-alcohol motifs (C(OH)–C–C–N with tert-alkyl or cyclic N) is 2. The Kier molecular flexibility index (Phi) is 3.53. The highest BCUT2D eigenvalue weighted by Gasteiger charge is 2.47. The number of ether oxygens (including phenoxy) is 1. The van der Waals surface area contributed by atoms with Gasteiger partial charge in [-0.25, -0.2) is 4.79 Å². The lowest BCUT2D eigenvalue weighted by Gasteiger charge is -2.48. The number of likely N-dealkylation sites (tertiary alicyclic amines) is 2. The van der Waals surface area contributed by atoms with E-state index in [9.17, 15) is 15.0 Å². The van der Waals surface area contributed by atoms with Crippen molar-refractivity contribution in [3.63, 3.8) is 0 Å². The third-order valence-corrected chi connectivity index (χ3v) is 3.47. The molecule has 0 bridgehead atoms. The molecule has 2 saturated heterocycles. The Bertz CT molecular complexity index is 356. The van der Waals surface area contributed by atoms with Crippen LogP contribution in [0.1, 0.15) is 27.7 Å². The summed E-state index contributed by atoms with van der Waals surface area (Å²) in [7, 11) is 0. The second kappa shape index (κ2) is 4.61. The van der Waals surface area contributed by atoms with Crippen molar-refractivity contribution in [2.75, 3.05) is 26.2 Å². The monoisotopic (exact) mass is 272 g/mol. The molecular weight excluding hydrogens is 248 g/mol. The van der Waals surface area contributed by atoms with Crippen LogP contribution in [-0.2, 0) is 4.74 Å². The van der Waals surface area contributed by atoms with Gasteiger partial charge in [0.05, 0.1) is 24.3 Å². The molecule has 0 unspecified atom stereocenters. The maximum absolute atomic E-state index is 11.9. The molecule has 19 heavy (non-hydrogen) atoms. The summed E-state index contributed by atoms with van der Waals surface area (Å²) in [6.45, 7) is 9.05. The number of hydrogen-bond acceptors (Lipinski definition) is 5. The molecule has 0 aliphatic carbocycles. The summed E-state index contributed by atoms with van der Waals surface area (Å²) in [6.07, 6.45) is -0.968. The zero-order chi connectivity index (χ0) is 14.4. The van der Waals surface area contributed by atoms with Gasteiger partial charge in [-0.1, -0.05) is 0 Å². The first-order valence-electron chi connectivity index (χ1n) is 6.70. The van der Waals surface area contributed by atoms with E-state index in [1.165, 1.54) is 4.90 Å². The molecule has 2 rings (SSSR count). The summed E-state index contributed by atoms with van der Waals surface area (Å²) in [5.41, 5.74) is -1.19. The van der Waals surface area contributed by atoms with Crippen LogP contribution in [0.25, 0.3) is 0 Å². The van der Waals surface area contributed by atoms with Crippen molar-refractivity contribution in [2.24, 2.45) is 0 Å². The molecule has 0 spiro atoms. The number of amides is 1. The Labute approximate surface area is 113 Å². The predicted octanol–water partition coefficient (Wildman–Crippen LogP) is 0.0332. The Morgan fingerprint density at radius 3 is 2.37 bits per heavy atom. The first kappa shape index (κ1) is 14.6. The first-order valence-corrected chi connectivity index (χ1v) is 6.70. The second-order valence-corrected chi connectivity index (χ2v) is 6.92. The SMILES string of the molecule is CC1(O)CN([C@@H]2CN(C(=O)OC(C)(C)C)C[C@H]2O)C1. The quantitative estimate of drug-likeness (QED) is 0.705. The number of carbonyl (C=O) groups is 1. The van der Waals surface area contributed by atoms with Gasteiger partial charge in [-0.05, 0) is 27.7 Å². The van der Waals surface area contributed by atoms with Gasteiger partial charge in [-0.2, -0.15) is 0 Å². The molecular formula is C13H24N2O4. The van der Waals surface area contributed by atoms with E-state index in [1.807, 2.05) is 25.7 Å². The van der Waals surface area contributed by atoms with Crippen LogP contribution in [0.3, 0.4) is 0 Å². The van der Waals surface area contributed by atoms with Gasteiger partial charge in [0.1, 0.15) is 5.60 Å². The Balaban J connectivity index is 1.89. The average molecular weight is 272 g/mol. The molecule has 0 saturated carbocycles. The number of aliphatic hydroxyl groups excluding tert-OH is 1. The van der Waals surface area contributed by atoms with E-state index in [0.29, 0.717) is 19.6 Å². The van der Waals surface area contributed by atoms with Crippen LogP contribution in [0.15, 0.2) is 0 Å². The molecule has 0 radical (unpaired) electrons. The zero-order valence-electron chi connectivity index (χ0n) is 12.1. The molecule has 2 N–H and O–H groups in total. The Morgan fingerprint density at radius 1 is 1.32 bits per heavy atom. The molecule has 0 aromatic carbocycles. The van der Waals surface area contributed by atoms with E-state index >= 15 is 0 Å². The number of carbonyl (C=O) groups excluding carboxylic acids is 1. The smallest absolute Gasteiger partial charge is 0.410 e. The molecule has 2 aliphatic rings. The van der Waals surface area contributed by atoms with Crippen molar-refractivity contribution in [1.29, 1.82) is 0 Å². The summed E-state index contributed by atoms with van der Waals surface area (Å²) < 4.78 is 5.30. The van der Waals surface area contributed by atoms with Gasteiger partial charge in [0, 0.05) is 19.6 Å². The Hall–Kier alpha value is -0.850. The van der Waals surface area contributed by atoms with Gasteiger partial charge in [-0.15, -0.1) is 0 Å². The van der Waals surface area contributed by atoms with E-state index in [2.05, 4.69) is 0 Å². The lowest BCUT2D eigenvalue weighted by Crippen LogP contribution is -2.65. The van der Waals surface area contributed by atoms with Gasteiger partial charge in [0.15, 0.2) is 0 Å². The summed E-state index contributed by atoms with van der Waals surface area (Å²) >= 11 is 0. The van der Waals surface area contributed by atoms with Crippen LogP contribution in [0, 0.1) is 0 Å². The fourth-order valence-electron chi connectivity index (χ4n) is 2.67. The molecule has 110 valence electrons. The molecule has 0 aromatic heterocycles. The average Bonchev–Trinajstić information content (AvgIpc) is 2.53. The molecule has 2 heterocycles. The van der Waals surface area contributed by atoms with Crippen LogP contribution < -0.4 is 0 Å². The molecule has 6 heteroatoms. The summed E-state index contributed by atoms with van der Waals surface area (Å²) in [5.74, 6) is 0. The predicted molar refractivity (Wildman–Crippen MR) is 69.8 cm³/mol. The number of rotatable bonds is 1. The van der Waals surface area contributed by atoms with Crippen molar-refractivity contribution in [3.8, 4) is 0 Å². The zero-order valence-corrected chi connectivity index (χ0v) is 12.1. The number of aliphatic hydroxyl groups is 2. The van der Waals surface area contributed by atoms with Crippen LogP contribution in [0.4, 0.5) is 4.79 Å². The minimum atomic E-state index is -0.668. The van der Waals surface area contributed by atoms with E-state index in [-0.39, 0.29) is 18.7 Å². The van der Waals surface area contributed by atoms with Crippen molar-refractivity contribution >= 4 is 6.09 Å².